The second kappa shape index (κ2) is 8.14. The standard InChI is InChI=1S/C22H16BrN3O2S/c1-13-5-6-15-3-2-4-17(20(15)24-13)25-22(29)26-21(27)19-12-11-18(28-19)14-7-9-16(23)10-8-14/h2-12H,1H3,(H2,25,26,27,29). The van der Waals surface area contributed by atoms with Crippen molar-refractivity contribution in [3.05, 3.63) is 82.7 Å². The minimum Gasteiger partial charge on any atom is -0.451 e. The highest BCUT2D eigenvalue weighted by Gasteiger charge is 2.14. The Kier molecular flexibility index (Phi) is 5.42. The first kappa shape index (κ1) is 19.3. The van der Waals surface area contributed by atoms with E-state index < -0.39 is 5.91 Å². The van der Waals surface area contributed by atoms with Crippen molar-refractivity contribution in [3.63, 3.8) is 0 Å². The first-order valence-corrected chi connectivity index (χ1v) is 10.0. The van der Waals surface area contributed by atoms with E-state index in [0.717, 1.165) is 32.3 Å². The minimum atomic E-state index is -0.421. The molecule has 0 aliphatic heterocycles. The molecule has 0 saturated carbocycles. The van der Waals surface area contributed by atoms with E-state index in [9.17, 15) is 4.79 Å². The van der Waals surface area contributed by atoms with Crippen molar-refractivity contribution < 1.29 is 9.21 Å². The van der Waals surface area contributed by atoms with Crippen LogP contribution in [-0.2, 0) is 0 Å². The fourth-order valence-electron chi connectivity index (χ4n) is 2.89. The van der Waals surface area contributed by atoms with E-state index in [1.54, 1.807) is 12.1 Å². The van der Waals surface area contributed by atoms with Crippen LogP contribution in [0.4, 0.5) is 5.69 Å². The Morgan fingerprint density at radius 2 is 1.83 bits per heavy atom. The van der Waals surface area contributed by atoms with Crippen LogP contribution in [0.2, 0.25) is 0 Å². The predicted molar refractivity (Wildman–Crippen MR) is 122 cm³/mol. The van der Waals surface area contributed by atoms with E-state index in [0.29, 0.717) is 5.76 Å². The smallest absolute Gasteiger partial charge is 0.293 e. The summed E-state index contributed by atoms with van der Waals surface area (Å²) < 4.78 is 6.65. The highest BCUT2D eigenvalue weighted by Crippen LogP contribution is 2.24. The van der Waals surface area contributed by atoms with Crippen molar-refractivity contribution in [2.45, 2.75) is 6.92 Å². The van der Waals surface area contributed by atoms with Crippen LogP contribution in [0.1, 0.15) is 16.2 Å². The number of carbonyl (C=O) groups excluding carboxylic acids is 1. The van der Waals surface area contributed by atoms with Gasteiger partial charge < -0.3 is 9.73 Å². The van der Waals surface area contributed by atoms with Gasteiger partial charge in [-0.1, -0.05) is 46.3 Å². The zero-order chi connectivity index (χ0) is 20.4. The summed E-state index contributed by atoms with van der Waals surface area (Å²) in [4.78, 5) is 17.1. The summed E-state index contributed by atoms with van der Waals surface area (Å²) in [6, 6.07) is 20.7. The Labute approximate surface area is 181 Å². The van der Waals surface area contributed by atoms with Crippen LogP contribution >= 0.6 is 28.1 Å². The molecule has 2 aromatic heterocycles. The molecule has 2 heterocycles. The average molecular weight is 466 g/mol. The molecule has 0 radical (unpaired) electrons. The lowest BCUT2D eigenvalue weighted by Crippen LogP contribution is -2.34. The molecule has 0 bridgehead atoms. The number of amides is 1. The number of pyridine rings is 1. The summed E-state index contributed by atoms with van der Waals surface area (Å²) in [5.41, 5.74) is 3.30. The quantitative estimate of drug-likeness (QED) is 0.380. The van der Waals surface area contributed by atoms with E-state index >= 15 is 0 Å². The lowest BCUT2D eigenvalue weighted by atomic mass is 10.2. The van der Waals surface area contributed by atoms with Gasteiger partial charge in [0.05, 0.1) is 11.2 Å². The monoisotopic (exact) mass is 465 g/mol. The SMILES string of the molecule is Cc1ccc2cccc(NC(=S)NC(=O)c3ccc(-c4ccc(Br)cc4)o3)c2n1. The Bertz CT molecular complexity index is 1220. The molecule has 5 nitrogen and oxygen atoms in total. The number of benzene rings is 2. The van der Waals surface area contributed by atoms with Gasteiger partial charge in [-0.2, -0.15) is 0 Å². The van der Waals surface area contributed by atoms with Gasteiger partial charge >= 0.3 is 0 Å². The molecule has 0 aliphatic rings. The van der Waals surface area contributed by atoms with E-state index in [-0.39, 0.29) is 10.9 Å². The fraction of sp³-hybridized carbons (Fsp3) is 0.0455. The second-order valence-electron chi connectivity index (χ2n) is 6.41. The number of thiocarbonyl (C=S) groups is 1. The zero-order valence-corrected chi connectivity index (χ0v) is 17.8. The molecule has 144 valence electrons. The summed E-state index contributed by atoms with van der Waals surface area (Å²) in [7, 11) is 0. The molecule has 4 rings (SSSR count). The van der Waals surface area contributed by atoms with Gasteiger partial charge in [-0.3, -0.25) is 15.1 Å². The lowest BCUT2D eigenvalue weighted by molar-refractivity contribution is 0.0951. The summed E-state index contributed by atoms with van der Waals surface area (Å²) in [6.07, 6.45) is 0. The Hall–Kier alpha value is -3.03. The number of para-hydroxylation sites is 1. The number of halogens is 1. The van der Waals surface area contributed by atoms with Crippen molar-refractivity contribution in [1.82, 2.24) is 10.3 Å². The van der Waals surface area contributed by atoms with Crippen LogP contribution in [0.15, 0.2) is 75.6 Å². The zero-order valence-electron chi connectivity index (χ0n) is 15.4. The lowest BCUT2D eigenvalue weighted by Gasteiger charge is -2.11. The average Bonchev–Trinajstić information content (AvgIpc) is 3.19. The van der Waals surface area contributed by atoms with Crippen LogP contribution in [-0.4, -0.2) is 16.0 Å². The molecule has 0 fully saturated rings. The Balaban J connectivity index is 1.47. The third kappa shape index (κ3) is 4.36. The molecule has 2 aromatic carbocycles. The van der Waals surface area contributed by atoms with Gasteiger partial charge in [0.2, 0.25) is 0 Å². The van der Waals surface area contributed by atoms with Gasteiger partial charge in [-0.25, -0.2) is 0 Å². The second-order valence-corrected chi connectivity index (χ2v) is 7.73. The van der Waals surface area contributed by atoms with Gasteiger partial charge in [0.1, 0.15) is 5.76 Å². The molecule has 0 aliphatic carbocycles. The molecule has 4 aromatic rings. The molecule has 0 spiro atoms. The topological polar surface area (TPSA) is 67.2 Å². The van der Waals surface area contributed by atoms with Gasteiger partial charge in [0.15, 0.2) is 10.9 Å². The van der Waals surface area contributed by atoms with E-state index in [4.69, 9.17) is 16.6 Å². The van der Waals surface area contributed by atoms with E-state index in [2.05, 4.69) is 31.5 Å². The third-order valence-corrected chi connectivity index (χ3v) is 5.03. The summed E-state index contributed by atoms with van der Waals surface area (Å²) in [5.74, 6) is 0.365. The van der Waals surface area contributed by atoms with Gasteiger partial charge in [-0.15, -0.1) is 0 Å². The summed E-state index contributed by atoms with van der Waals surface area (Å²) >= 11 is 8.70. The number of fused-ring (bicyclic) bond motifs is 1. The van der Waals surface area contributed by atoms with E-state index in [1.807, 2.05) is 61.5 Å². The van der Waals surface area contributed by atoms with Crippen LogP contribution < -0.4 is 10.6 Å². The Morgan fingerprint density at radius 3 is 2.62 bits per heavy atom. The number of furan rings is 1. The maximum atomic E-state index is 12.5. The molecular weight excluding hydrogens is 450 g/mol. The van der Waals surface area contributed by atoms with Crippen LogP contribution in [0.5, 0.6) is 0 Å². The highest BCUT2D eigenvalue weighted by molar-refractivity contribution is 9.10. The molecule has 0 atom stereocenters. The van der Waals surface area contributed by atoms with Gasteiger partial charge in [0.25, 0.3) is 5.91 Å². The number of hydrogen-bond donors (Lipinski definition) is 2. The fourth-order valence-corrected chi connectivity index (χ4v) is 3.36. The number of nitrogens with one attached hydrogen (secondary N) is 2. The van der Waals surface area contributed by atoms with Gasteiger partial charge in [-0.05, 0) is 55.5 Å². The van der Waals surface area contributed by atoms with Crippen LogP contribution in [0.3, 0.4) is 0 Å². The number of carbonyl (C=O) groups is 1. The van der Waals surface area contributed by atoms with E-state index in [1.165, 1.54) is 0 Å². The molecule has 0 unspecified atom stereocenters. The highest BCUT2D eigenvalue weighted by atomic mass is 79.9. The summed E-state index contributed by atoms with van der Waals surface area (Å²) in [6.45, 7) is 1.93. The number of hydrogen-bond acceptors (Lipinski definition) is 4. The van der Waals surface area contributed by atoms with Crippen molar-refractivity contribution in [2.24, 2.45) is 0 Å². The third-order valence-electron chi connectivity index (χ3n) is 4.29. The largest absolute Gasteiger partial charge is 0.451 e. The van der Waals surface area contributed by atoms with Crippen molar-refractivity contribution >= 4 is 55.8 Å². The molecule has 2 N–H and O–H groups in total. The first-order chi connectivity index (χ1) is 14.0. The van der Waals surface area contributed by atoms with Crippen molar-refractivity contribution in [3.8, 4) is 11.3 Å². The van der Waals surface area contributed by atoms with Gasteiger partial charge in [0, 0.05) is 21.1 Å². The molecule has 7 heteroatoms. The summed E-state index contributed by atoms with van der Waals surface area (Å²) in [5, 5.41) is 6.86. The van der Waals surface area contributed by atoms with Crippen LogP contribution in [0, 0.1) is 6.92 Å². The molecule has 1 amide bonds. The number of aryl methyl sites for hydroxylation is 1. The number of nitrogens with zero attached hydrogens (tertiary/aromatic N) is 1. The first-order valence-electron chi connectivity index (χ1n) is 8.84. The predicted octanol–water partition coefficient (Wildman–Crippen LogP) is 5.69. The van der Waals surface area contributed by atoms with Crippen molar-refractivity contribution in [1.29, 1.82) is 0 Å². The number of aromatic nitrogens is 1. The molecule has 0 saturated heterocycles. The molecule has 29 heavy (non-hydrogen) atoms. The minimum absolute atomic E-state index is 0.174. The maximum Gasteiger partial charge on any atom is 0.293 e. The van der Waals surface area contributed by atoms with Crippen LogP contribution in [0.25, 0.3) is 22.2 Å². The maximum absolute atomic E-state index is 12.5. The Morgan fingerprint density at radius 1 is 1.03 bits per heavy atom. The normalized spacial score (nSPS) is 10.7. The molecular formula is C22H16BrN3O2S. The number of anilines is 1. The number of rotatable bonds is 3. The van der Waals surface area contributed by atoms with Crippen molar-refractivity contribution in [2.75, 3.05) is 5.32 Å².